The van der Waals surface area contributed by atoms with Gasteiger partial charge in [0, 0.05) is 36.2 Å². The number of nitrogens with zero attached hydrogens (tertiary/aromatic N) is 1. The second kappa shape index (κ2) is 5.47. The Hall–Kier alpha value is 0.230. The van der Waals surface area contributed by atoms with Crippen molar-refractivity contribution in [2.75, 3.05) is 25.4 Å². The van der Waals surface area contributed by atoms with E-state index in [0.29, 0.717) is 12.2 Å². The number of nitrogens with two attached hydrogens (primary N) is 1. The zero-order chi connectivity index (χ0) is 12.5. The Bertz CT molecular complexity index is 252. The minimum absolute atomic E-state index is 0.187. The summed E-state index contributed by atoms with van der Waals surface area (Å²) >= 11 is 2.08. The molecule has 0 saturated carbocycles. The molecule has 0 bridgehead atoms. The Morgan fingerprint density at radius 1 is 1.29 bits per heavy atom. The maximum Gasteiger partial charge on any atom is 0.0568 e. The van der Waals surface area contributed by atoms with Crippen LogP contribution in [-0.4, -0.2) is 53.3 Å². The summed E-state index contributed by atoms with van der Waals surface area (Å²) in [4.78, 5) is 2.64. The van der Waals surface area contributed by atoms with Gasteiger partial charge in [0.2, 0.25) is 0 Å². The van der Waals surface area contributed by atoms with Crippen molar-refractivity contribution in [3.8, 4) is 0 Å². The fourth-order valence-corrected chi connectivity index (χ4v) is 4.46. The van der Waals surface area contributed by atoms with E-state index in [1.54, 1.807) is 0 Å². The first-order chi connectivity index (χ1) is 8.05. The molecule has 4 heteroatoms. The summed E-state index contributed by atoms with van der Waals surface area (Å²) in [6.45, 7) is 9.83. The van der Waals surface area contributed by atoms with Gasteiger partial charge in [-0.2, -0.15) is 11.8 Å². The number of rotatable bonds is 2. The van der Waals surface area contributed by atoms with Gasteiger partial charge in [0.05, 0.1) is 12.2 Å². The normalized spacial score (nSPS) is 44.8. The first-order valence-electron chi connectivity index (χ1n) is 6.78. The van der Waals surface area contributed by atoms with E-state index in [4.69, 9.17) is 10.5 Å². The Labute approximate surface area is 109 Å². The molecule has 2 aliphatic heterocycles. The van der Waals surface area contributed by atoms with Crippen molar-refractivity contribution >= 4 is 11.8 Å². The van der Waals surface area contributed by atoms with Gasteiger partial charge in [-0.05, 0) is 26.7 Å². The highest BCUT2D eigenvalue weighted by molar-refractivity contribution is 7.99. The predicted octanol–water partition coefficient (Wildman–Crippen LogP) is 1.71. The van der Waals surface area contributed by atoms with E-state index in [9.17, 15) is 0 Å². The summed E-state index contributed by atoms with van der Waals surface area (Å²) in [7, 11) is 0. The number of thioether (sulfide) groups is 1. The molecule has 0 aromatic carbocycles. The summed E-state index contributed by atoms with van der Waals surface area (Å²) in [5.74, 6) is 1.24. The minimum Gasteiger partial charge on any atom is -0.375 e. The summed E-state index contributed by atoms with van der Waals surface area (Å²) in [6, 6.07) is 0. The molecule has 100 valence electrons. The maximum absolute atomic E-state index is 6.13. The third kappa shape index (κ3) is 2.98. The molecule has 3 unspecified atom stereocenters. The van der Waals surface area contributed by atoms with Crippen LogP contribution in [0.5, 0.6) is 0 Å². The highest BCUT2D eigenvalue weighted by Gasteiger charge is 2.43. The van der Waals surface area contributed by atoms with Crippen molar-refractivity contribution in [1.82, 2.24) is 4.90 Å². The fourth-order valence-electron chi connectivity index (χ4n) is 3.45. The van der Waals surface area contributed by atoms with E-state index < -0.39 is 0 Å². The van der Waals surface area contributed by atoms with Gasteiger partial charge in [0.15, 0.2) is 0 Å². The average Bonchev–Trinajstić information content (AvgIpc) is 2.27. The molecule has 0 aliphatic carbocycles. The molecule has 2 rings (SSSR count). The van der Waals surface area contributed by atoms with E-state index in [-0.39, 0.29) is 5.54 Å². The molecular formula is C13H26N2OS. The zero-order valence-electron chi connectivity index (χ0n) is 11.3. The molecule has 0 amide bonds. The topological polar surface area (TPSA) is 38.5 Å². The first-order valence-corrected chi connectivity index (χ1v) is 7.83. The van der Waals surface area contributed by atoms with Crippen LogP contribution in [0.15, 0.2) is 0 Å². The molecule has 3 atom stereocenters. The molecule has 2 N–H and O–H groups in total. The smallest absolute Gasteiger partial charge is 0.0568 e. The molecule has 2 aliphatic rings. The standard InChI is InChI=1S/C13H26N2OS/c1-10-6-13(9-14,7-11(2)16-10)15-4-5-17-12(3)8-15/h10-12H,4-9,14H2,1-3H3. The highest BCUT2D eigenvalue weighted by Crippen LogP contribution is 2.36. The van der Waals surface area contributed by atoms with Gasteiger partial charge < -0.3 is 10.5 Å². The summed E-state index contributed by atoms with van der Waals surface area (Å²) in [5.41, 5.74) is 6.32. The van der Waals surface area contributed by atoms with Crippen LogP contribution in [0, 0.1) is 0 Å². The molecule has 0 spiro atoms. The van der Waals surface area contributed by atoms with Gasteiger partial charge >= 0.3 is 0 Å². The third-order valence-electron chi connectivity index (χ3n) is 4.09. The van der Waals surface area contributed by atoms with Crippen LogP contribution in [0.3, 0.4) is 0 Å². The first kappa shape index (κ1) is 13.7. The van der Waals surface area contributed by atoms with Crippen LogP contribution in [-0.2, 0) is 4.74 Å². The van der Waals surface area contributed by atoms with Gasteiger partial charge in [-0.1, -0.05) is 6.92 Å². The van der Waals surface area contributed by atoms with Crippen molar-refractivity contribution in [3.63, 3.8) is 0 Å². The Balaban J connectivity index is 2.11. The highest BCUT2D eigenvalue weighted by atomic mass is 32.2. The molecular weight excluding hydrogens is 232 g/mol. The van der Waals surface area contributed by atoms with Crippen LogP contribution >= 0.6 is 11.8 Å². The summed E-state index contributed by atoms with van der Waals surface area (Å²) in [5, 5.41) is 0.737. The zero-order valence-corrected chi connectivity index (χ0v) is 12.1. The fraction of sp³-hybridized carbons (Fsp3) is 1.00. The molecule has 3 nitrogen and oxygen atoms in total. The molecule has 2 saturated heterocycles. The largest absolute Gasteiger partial charge is 0.375 e. The van der Waals surface area contributed by atoms with Crippen LogP contribution in [0.1, 0.15) is 33.6 Å². The Morgan fingerprint density at radius 2 is 1.94 bits per heavy atom. The lowest BCUT2D eigenvalue weighted by Crippen LogP contribution is -2.62. The van der Waals surface area contributed by atoms with Gasteiger partial charge in [-0.25, -0.2) is 0 Å². The predicted molar refractivity (Wildman–Crippen MR) is 74.5 cm³/mol. The van der Waals surface area contributed by atoms with Crippen LogP contribution < -0.4 is 5.73 Å². The van der Waals surface area contributed by atoms with E-state index in [2.05, 4.69) is 37.4 Å². The van der Waals surface area contributed by atoms with Gasteiger partial charge in [-0.3, -0.25) is 4.90 Å². The number of hydrogen-bond acceptors (Lipinski definition) is 4. The van der Waals surface area contributed by atoms with Crippen LogP contribution in [0.25, 0.3) is 0 Å². The summed E-state index contributed by atoms with van der Waals surface area (Å²) in [6.07, 6.45) is 2.86. The van der Waals surface area contributed by atoms with E-state index in [0.717, 1.165) is 24.6 Å². The number of hydrogen-bond donors (Lipinski definition) is 1. The molecule has 2 fully saturated rings. The second-order valence-electron chi connectivity index (χ2n) is 5.72. The van der Waals surface area contributed by atoms with Crippen molar-refractivity contribution < 1.29 is 4.74 Å². The van der Waals surface area contributed by atoms with Crippen LogP contribution in [0.4, 0.5) is 0 Å². The maximum atomic E-state index is 6.13. The van der Waals surface area contributed by atoms with E-state index in [1.165, 1.54) is 18.8 Å². The third-order valence-corrected chi connectivity index (χ3v) is 5.23. The SMILES string of the molecule is CC1CC(CN)(N2CCSC(C)C2)CC(C)O1. The lowest BCUT2D eigenvalue weighted by Gasteiger charge is -2.51. The number of ether oxygens (including phenoxy) is 1. The average molecular weight is 258 g/mol. The van der Waals surface area contributed by atoms with Crippen LogP contribution in [0.2, 0.25) is 0 Å². The van der Waals surface area contributed by atoms with Crippen molar-refractivity contribution in [2.24, 2.45) is 5.73 Å². The monoisotopic (exact) mass is 258 g/mol. The van der Waals surface area contributed by atoms with Crippen molar-refractivity contribution in [1.29, 1.82) is 0 Å². The Morgan fingerprint density at radius 3 is 2.47 bits per heavy atom. The molecule has 0 radical (unpaired) electrons. The Kier molecular flexibility index (Phi) is 4.40. The van der Waals surface area contributed by atoms with Gasteiger partial charge in [-0.15, -0.1) is 0 Å². The van der Waals surface area contributed by atoms with Crippen molar-refractivity contribution in [2.45, 2.75) is 56.6 Å². The van der Waals surface area contributed by atoms with E-state index in [1.807, 2.05) is 0 Å². The molecule has 0 aromatic heterocycles. The molecule has 0 aromatic rings. The lowest BCUT2D eigenvalue weighted by atomic mass is 9.82. The second-order valence-corrected chi connectivity index (χ2v) is 7.27. The van der Waals surface area contributed by atoms with E-state index >= 15 is 0 Å². The van der Waals surface area contributed by atoms with Gasteiger partial charge in [0.25, 0.3) is 0 Å². The molecule has 2 heterocycles. The molecule has 17 heavy (non-hydrogen) atoms. The summed E-state index contributed by atoms with van der Waals surface area (Å²) < 4.78 is 5.87. The van der Waals surface area contributed by atoms with Crippen molar-refractivity contribution in [3.05, 3.63) is 0 Å². The van der Waals surface area contributed by atoms with Gasteiger partial charge in [0.1, 0.15) is 0 Å². The lowest BCUT2D eigenvalue weighted by molar-refractivity contribution is -0.102. The minimum atomic E-state index is 0.187. The quantitative estimate of drug-likeness (QED) is 0.818.